The number of nitrogens with one attached hydrogen (secondary N) is 1. The molecule has 0 saturated carbocycles. The molecule has 0 aliphatic rings. The summed E-state index contributed by atoms with van der Waals surface area (Å²) in [7, 11) is 3.23. The van der Waals surface area contributed by atoms with Crippen LogP contribution in [0.2, 0.25) is 5.02 Å². The van der Waals surface area contributed by atoms with Gasteiger partial charge in [0.15, 0.2) is 6.61 Å². The number of rotatable bonds is 6. The summed E-state index contributed by atoms with van der Waals surface area (Å²) in [4.78, 5) is 24.9. The van der Waals surface area contributed by atoms with Crippen molar-refractivity contribution in [1.82, 2.24) is 4.90 Å². The zero-order valence-electron chi connectivity index (χ0n) is 15.6. The molecule has 29 heavy (non-hydrogen) atoms. The van der Waals surface area contributed by atoms with Crippen LogP contribution < -0.4 is 10.1 Å². The van der Waals surface area contributed by atoms with Crippen LogP contribution in [0.1, 0.15) is 11.1 Å². The van der Waals surface area contributed by atoms with E-state index in [2.05, 4.69) is 5.32 Å². The fourth-order valence-corrected chi connectivity index (χ4v) is 2.29. The Morgan fingerprint density at radius 2 is 1.79 bits per heavy atom. The van der Waals surface area contributed by atoms with Crippen LogP contribution in [0.5, 0.6) is 5.75 Å². The number of hydrogen-bond acceptors (Lipinski definition) is 3. The van der Waals surface area contributed by atoms with Gasteiger partial charge < -0.3 is 15.0 Å². The average Bonchev–Trinajstić information content (AvgIpc) is 2.65. The van der Waals surface area contributed by atoms with E-state index in [-0.39, 0.29) is 23.1 Å². The highest BCUT2D eigenvalue weighted by molar-refractivity contribution is 6.32. The van der Waals surface area contributed by atoms with Gasteiger partial charge in [0.2, 0.25) is 5.91 Å². The molecule has 0 atom stereocenters. The molecule has 1 N–H and O–H groups in total. The van der Waals surface area contributed by atoms with Gasteiger partial charge in [-0.05, 0) is 54.1 Å². The number of amides is 2. The van der Waals surface area contributed by atoms with Crippen molar-refractivity contribution in [3.63, 3.8) is 0 Å². The number of carbonyl (C=O) groups excluding carboxylic acids is 2. The van der Waals surface area contributed by atoms with E-state index in [4.69, 9.17) is 16.3 Å². The van der Waals surface area contributed by atoms with E-state index in [0.29, 0.717) is 11.4 Å². The highest BCUT2D eigenvalue weighted by Gasteiger charge is 2.30. The van der Waals surface area contributed by atoms with E-state index >= 15 is 0 Å². The Balaban J connectivity index is 1.98. The zero-order valence-corrected chi connectivity index (χ0v) is 16.3. The molecule has 0 spiro atoms. The molecule has 0 saturated heterocycles. The quantitative estimate of drug-likeness (QED) is 0.693. The lowest BCUT2D eigenvalue weighted by Crippen LogP contribution is -2.27. The van der Waals surface area contributed by atoms with Crippen molar-refractivity contribution < 1.29 is 27.5 Å². The number of benzene rings is 2. The fourth-order valence-electron chi connectivity index (χ4n) is 2.11. The highest BCUT2D eigenvalue weighted by Crippen LogP contribution is 2.32. The predicted octanol–water partition coefficient (Wildman–Crippen LogP) is 4.48. The summed E-state index contributed by atoms with van der Waals surface area (Å²) in [5.74, 6) is -0.291. The second-order valence-electron chi connectivity index (χ2n) is 6.16. The average molecular weight is 427 g/mol. The summed E-state index contributed by atoms with van der Waals surface area (Å²) in [6.07, 6.45) is -2.21. The minimum absolute atomic E-state index is 0.0750. The molecule has 0 aliphatic heterocycles. The minimum atomic E-state index is -4.50. The van der Waals surface area contributed by atoms with Crippen molar-refractivity contribution in [3.8, 4) is 5.75 Å². The Morgan fingerprint density at radius 3 is 2.38 bits per heavy atom. The normalized spacial score (nSPS) is 11.4. The highest BCUT2D eigenvalue weighted by atomic mass is 35.5. The Kier molecular flexibility index (Phi) is 7.28. The second kappa shape index (κ2) is 9.47. The largest absolute Gasteiger partial charge is 0.484 e. The van der Waals surface area contributed by atoms with Gasteiger partial charge in [0.25, 0.3) is 5.91 Å². The Bertz CT molecular complexity index is 910. The number of ether oxygens (including phenoxy) is 1. The van der Waals surface area contributed by atoms with Crippen LogP contribution in [-0.4, -0.2) is 37.4 Å². The van der Waals surface area contributed by atoms with Gasteiger partial charge in [0.05, 0.1) is 5.56 Å². The van der Waals surface area contributed by atoms with Gasteiger partial charge in [0.1, 0.15) is 5.75 Å². The standard InChI is InChI=1S/C20H18ClF3N2O3/c1-26(2)19(28)12-29-16-7-5-15(6-8-16)25-18(27)10-3-13-11-14(20(22,23)24)4-9-17(13)21/h3-11H,12H2,1-2H3,(H,25,27)/b10-3+. The maximum absolute atomic E-state index is 12.8. The monoisotopic (exact) mass is 426 g/mol. The summed E-state index contributed by atoms with van der Waals surface area (Å²) >= 11 is 5.89. The SMILES string of the molecule is CN(C)C(=O)COc1ccc(NC(=O)/C=C/c2cc(C(F)(F)F)ccc2Cl)cc1. The first-order chi connectivity index (χ1) is 13.6. The molecule has 0 bridgehead atoms. The first-order valence-corrected chi connectivity index (χ1v) is 8.73. The van der Waals surface area contributed by atoms with Gasteiger partial charge in [-0.25, -0.2) is 0 Å². The molecule has 0 aliphatic carbocycles. The molecular formula is C20H18ClF3N2O3. The molecule has 2 amide bonds. The molecule has 2 aromatic rings. The van der Waals surface area contributed by atoms with Crippen LogP contribution in [-0.2, 0) is 15.8 Å². The van der Waals surface area contributed by atoms with Gasteiger partial charge in [-0.15, -0.1) is 0 Å². The van der Waals surface area contributed by atoms with E-state index in [1.54, 1.807) is 38.4 Å². The summed E-state index contributed by atoms with van der Waals surface area (Å²) in [5.41, 5.74) is -0.336. The first kappa shape index (κ1) is 22.3. The van der Waals surface area contributed by atoms with Crippen molar-refractivity contribution in [2.75, 3.05) is 26.0 Å². The van der Waals surface area contributed by atoms with E-state index in [1.807, 2.05) is 0 Å². The molecule has 0 aromatic heterocycles. The van der Waals surface area contributed by atoms with Crippen molar-refractivity contribution in [3.05, 3.63) is 64.7 Å². The summed E-state index contributed by atoms with van der Waals surface area (Å²) in [6.45, 7) is -0.112. The molecule has 154 valence electrons. The summed E-state index contributed by atoms with van der Waals surface area (Å²) < 4.78 is 43.7. The first-order valence-electron chi connectivity index (χ1n) is 8.35. The maximum Gasteiger partial charge on any atom is 0.416 e. The Morgan fingerprint density at radius 1 is 1.14 bits per heavy atom. The lowest BCUT2D eigenvalue weighted by molar-refractivity contribution is -0.137. The fraction of sp³-hybridized carbons (Fsp3) is 0.200. The number of halogens is 4. The smallest absolute Gasteiger partial charge is 0.416 e. The molecular weight excluding hydrogens is 409 g/mol. The van der Waals surface area contributed by atoms with Crippen LogP contribution in [0, 0.1) is 0 Å². The van der Waals surface area contributed by atoms with Crippen LogP contribution in [0.25, 0.3) is 6.08 Å². The molecule has 9 heteroatoms. The Hall–Kier alpha value is -3.00. The minimum Gasteiger partial charge on any atom is -0.484 e. The van der Waals surface area contributed by atoms with E-state index in [1.165, 1.54) is 11.0 Å². The van der Waals surface area contributed by atoms with Crippen LogP contribution in [0.15, 0.2) is 48.5 Å². The van der Waals surface area contributed by atoms with E-state index in [0.717, 1.165) is 24.3 Å². The molecule has 0 radical (unpaired) electrons. The molecule has 2 rings (SSSR count). The number of hydrogen-bond donors (Lipinski definition) is 1. The van der Waals surface area contributed by atoms with Crippen molar-refractivity contribution >= 4 is 35.2 Å². The zero-order chi connectivity index (χ0) is 21.6. The topological polar surface area (TPSA) is 58.6 Å². The van der Waals surface area contributed by atoms with E-state index < -0.39 is 17.6 Å². The van der Waals surface area contributed by atoms with Crippen molar-refractivity contribution in [1.29, 1.82) is 0 Å². The van der Waals surface area contributed by atoms with Crippen LogP contribution in [0.4, 0.5) is 18.9 Å². The molecule has 5 nitrogen and oxygen atoms in total. The molecule has 0 heterocycles. The lowest BCUT2D eigenvalue weighted by atomic mass is 10.1. The van der Waals surface area contributed by atoms with Gasteiger partial charge in [0, 0.05) is 30.9 Å². The number of likely N-dealkylation sites (N-methyl/N-ethyl adjacent to an activating group) is 1. The van der Waals surface area contributed by atoms with Gasteiger partial charge >= 0.3 is 6.18 Å². The summed E-state index contributed by atoms with van der Waals surface area (Å²) in [5, 5.41) is 2.66. The predicted molar refractivity (Wildman–Crippen MR) is 105 cm³/mol. The van der Waals surface area contributed by atoms with E-state index in [9.17, 15) is 22.8 Å². The van der Waals surface area contributed by atoms with Crippen molar-refractivity contribution in [2.24, 2.45) is 0 Å². The lowest BCUT2D eigenvalue weighted by Gasteiger charge is -2.11. The molecule has 2 aromatic carbocycles. The van der Waals surface area contributed by atoms with Crippen molar-refractivity contribution in [2.45, 2.75) is 6.18 Å². The van der Waals surface area contributed by atoms with Crippen LogP contribution in [0.3, 0.4) is 0 Å². The van der Waals surface area contributed by atoms with Gasteiger partial charge in [-0.1, -0.05) is 11.6 Å². The molecule has 0 unspecified atom stereocenters. The van der Waals surface area contributed by atoms with Gasteiger partial charge in [-0.3, -0.25) is 9.59 Å². The van der Waals surface area contributed by atoms with Crippen LogP contribution >= 0.6 is 11.6 Å². The number of nitrogens with zero attached hydrogens (tertiary/aromatic N) is 1. The number of alkyl halides is 3. The Labute approximate surface area is 170 Å². The third-order valence-corrected chi connectivity index (χ3v) is 4.06. The second-order valence-corrected chi connectivity index (χ2v) is 6.57. The van der Waals surface area contributed by atoms with Gasteiger partial charge in [-0.2, -0.15) is 13.2 Å². The third kappa shape index (κ3) is 6.83. The number of anilines is 1. The maximum atomic E-state index is 12.8. The molecule has 0 fully saturated rings. The summed E-state index contributed by atoms with van der Waals surface area (Å²) in [6, 6.07) is 9.15. The number of carbonyl (C=O) groups is 2. The third-order valence-electron chi connectivity index (χ3n) is 3.72.